The molecule has 13 heteroatoms. The zero-order valence-corrected chi connectivity index (χ0v) is 26.8. The number of nitro groups is 1. The van der Waals surface area contributed by atoms with Crippen LogP contribution in [0.15, 0.2) is 47.5 Å². The van der Waals surface area contributed by atoms with Gasteiger partial charge >= 0.3 is 6.09 Å². The predicted molar refractivity (Wildman–Crippen MR) is 169 cm³/mol. The maximum Gasteiger partial charge on any atom is 0.410 e. The second-order valence-electron chi connectivity index (χ2n) is 11.6. The molecule has 0 bridgehead atoms. The van der Waals surface area contributed by atoms with Gasteiger partial charge in [-0.3, -0.25) is 10.1 Å². The van der Waals surface area contributed by atoms with Crippen LogP contribution in [0.3, 0.4) is 0 Å². The summed E-state index contributed by atoms with van der Waals surface area (Å²) in [4.78, 5) is 33.2. The molecule has 0 aliphatic carbocycles. The first-order valence-corrected chi connectivity index (χ1v) is 15.7. The topological polar surface area (TPSA) is 140 Å². The normalized spacial score (nSPS) is 18.2. The highest BCUT2D eigenvalue weighted by Gasteiger charge is 2.38. The quantitative estimate of drug-likeness (QED) is 0.163. The van der Waals surface area contributed by atoms with E-state index < -0.39 is 23.1 Å². The molecule has 3 heterocycles. The first-order valence-electron chi connectivity index (χ1n) is 14.4. The van der Waals surface area contributed by atoms with Crippen LogP contribution in [0.5, 0.6) is 5.75 Å². The number of methoxy groups -OCH3 is 1. The standard InChI is InChI=1S/C32H35N5O7S/c1-19-42-30(43-19)27-26(24(18-33)29(45-6)34-28(27)20-7-10-22(41-5)11-8-20)23-12-9-21(17-25(23)37(39)40)35-13-15-36(16-14-35)31(38)44-32(2,3)4/h7-12,17,19,30H,13-16H2,1-6H3. The molecule has 12 nitrogen and oxygen atoms in total. The Labute approximate surface area is 266 Å². The molecular formula is C32H35N5O7S. The molecule has 3 aromatic rings. The van der Waals surface area contributed by atoms with Crippen LogP contribution in [0.1, 0.15) is 45.1 Å². The molecule has 2 aliphatic heterocycles. The molecule has 1 amide bonds. The van der Waals surface area contributed by atoms with E-state index in [1.54, 1.807) is 49.5 Å². The number of nitrogens with zero attached hydrogens (tertiary/aromatic N) is 5. The number of aromatic nitrogens is 1. The summed E-state index contributed by atoms with van der Waals surface area (Å²) in [7, 11) is 1.57. The lowest BCUT2D eigenvalue weighted by Gasteiger charge is -2.37. The van der Waals surface area contributed by atoms with Gasteiger partial charge in [0.25, 0.3) is 5.69 Å². The van der Waals surface area contributed by atoms with Gasteiger partial charge in [-0.15, -0.1) is 11.8 Å². The summed E-state index contributed by atoms with van der Waals surface area (Å²) in [5, 5.41) is 23.4. The molecule has 0 atom stereocenters. The lowest BCUT2D eigenvalue weighted by molar-refractivity contribution is -0.384. The number of anilines is 1. The molecule has 2 fully saturated rings. The van der Waals surface area contributed by atoms with Crippen molar-refractivity contribution in [2.45, 2.75) is 50.9 Å². The number of nitro benzene ring substituents is 1. The summed E-state index contributed by atoms with van der Waals surface area (Å²) in [5.74, 6) is 0.655. The van der Waals surface area contributed by atoms with Crippen LogP contribution in [0, 0.1) is 21.4 Å². The van der Waals surface area contributed by atoms with Gasteiger partial charge in [0.2, 0.25) is 0 Å². The minimum Gasteiger partial charge on any atom is -0.497 e. The van der Waals surface area contributed by atoms with Gasteiger partial charge in [-0.25, -0.2) is 9.78 Å². The molecule has 0 N–H and O–H groups in total. The zero-order chi connectivity index (χ0) is 32.5. The van der Waals surface area contributed by atoms with Gasteiger partial charge in [0.15, 0.2) is 12.6 Å². The lowest BCUT2D eigenvalue weighted by Crippen LogP contribution is -2.50. The Morgan fingerprint density at radius 3 is 2.33 bits per heavy atom. The summed E-state index contributed by atoms with van der Waals surface area (Å²) in [5.41, 5.74) is 2.28. The van der Waals surface area contributed by atoms with Crippen molar-refractivity contribution in [1.29, 1.82) is 5.26 Å². The molecule has 0 radical (unpaired) electrons. The number of carbonyl (C=O) groups excluding carboxylic acids is 1. The number of ether oxygens (including phenoxy) is 4. The molecule has 2 saturated heterocycles. The molecule has 0 unspecified atom stereocenters. The number of hydrogen-bond acceptors (Lipinski definition) is 11. The van der Waals surface area contributed by atoms with Crippen LogP contribution in [0.4, 0.5) is 16.2 Å². The highest BCUT2D eigenvalue weighted by atomic mass is 32.2. The average Bonchev–Trinajstić information content (AvgIpc) is 3.01. The van der Waals surface area contributed by atoms with Crippen molar-refractivity contribution in [3.8, 4) is 34.2 Å². The second-order valence-corrected chi connectivity index (χ2v) is 12.4. The number of nitriles is 1. The maximum absolute atomic E-state index is 12.6. The van der Waals surface area contributed by atoms with Crippen LogP contribution < -0.4 is 9.64 Å². The number of pyridine rings is 1. The van der Waals surface area contributed by atoms with Crippen LogP contribution >= 0.6 is 11.8 Å². The van der Waals surface area contributed by atoms with E-state index in [2.05, 4.69) is 6.07 Å². The van der Waals surface area contributed by atoms with Crippen molar-refractivity contribution in [1.82, 2.24) is 9.88 Å². The van der Waals surface area contributed by atoms with Crippen molar-refractivity contribution in [2.75, 3.05) is 44.4 Å². The molecule has 236 valence electrons. The van der Waals surface area contributed by atoms with E-state index in [1.807, 2.05) is 37.8 Å². The fraction of sp³-hybridized carbons (Fsp3) is 0.406. The maximum atomic E-state index is 12.6. The third kappa shape index (κ3) is 6.68. The Morgan fingerprint density at radius 1 is 1.13 bits per heavy atom. The largest absolute Gasteiger partial charge is 0.497 e. The minimum absolute atomic E-state index is 0.175. The number of carbonyl (C=O) groups is 1. The first kappa shape index (κ1) is 32.0. The second kappa shape index (κ2) is 12.9. The van der Waals surface area contributed by atoms with Crippen LogP contribution in [-0.4, -0.2) is 72.3 Å². The van der Waals surface area contributed by atoms with E-state index in [9.17, 15) is 20.2 Å². The number of thioether (sulfide) groups is 1. The van der Waals surface area contributed by atoms with Crippen molar-refractivity contribution in [2.24, 2.45) is 0 Å². The highest BCUT2D eigenvalue weighted by Crippen LogP contribution is 2.48. The van der Waals surface area contributed by atoms with Gasteiger partial charge in [-0.05, 0) is 70.3 Å². The lowest BCUT2D eigenvalue weighted by atomic mass is 9.90. The van der Waals surface area contributed by atoms with Gasteiger partial charge in [-0.2, -0.15) is 5.26 Å². The molecule has 2 aliphatic rings. The van der Waals surface area contributed by atoms with Crippen molar-refractivity contribution < 1.29 is 28.7 Å². The average molecular weight is 634 g/mol. The third-order valence-corrected chi connectivity index (χ3v) is 8.16. The Hall–Kier alpha value is -4.38. The number of rotatable bonds is 7. The van der Waals surface area contributed by atoms with Gasteiger partial charge in [-0.1, -0.05) is 0 Å². The van der Waals surface area contributed by atoms with Crippen LogP contribution in [0.25, 0.3) is 22.4 Å². The van der Waals surface area contributed by atoms with Gasteiger partial charge in [0.1, 0.15) is 22.4 Å². The summed E-state index contributed by atoms with van der Waals surface area (Å²) in [6, 6.07) is 14.5. The first-order chi connectivity index (χ1) is 21.4. The Kier molecular flexibility index (Phi) is 9.20. The van der Waals surface area contributed by atoms with Crippen LogP contribution in [-0.2, 0) is 14.2 Å². The summed E-state index contributed by atoms with van der Waals surface area (Å²) in [6.07, 6.45) is 0.0405. The highest BCUT2D eigenvalue weighted by molar-refractivity contribution is 7.98. The molecular weight excluding hydrogens is 598 g/mol. The third-order valence-electron chi connectivity index (χ3n) is 7.48. The van der Waals surface area contributed by atoms with Crippen molar-refractivity contribution in [3.05, 3.63) is 63.7 Å². The van der Waals surface area contributed by atoms with Gasteiger partial charge < -0.3 is 28.7 Å². The van der Waals surface area contributed by atoms with E-state index in [1.165, 1.54) is 17.8 Å². The molecule has 0 spiro atoms. The molecule has 0 saturated carbocycles. The van der Waals surface area contributed by atoms with E-state index in [0.29, 0.717) is 65.0 Å². The Morgan fingerprint density at radius 2 is 1.80 bits per heavy atom. The molecule has 2 aromatic carbocycles. The zero-order valence-electron chi connectivity index (χ0n) is 26.0. The molecule has 5 rings (SSSR count). The summed E-state index contributed by atoms with van der Waals surface area (Å²) in [6.45, 7) is 8.97. The number of piperazine rings is 1. The van der Waals surface area contributed by atoms with Gasteiger partial charge in [0, 0.05) is 54.6 Å². The molecule has 1 aromatic heterocycles. The smallest absolute Gasteiger partial charge is 0.410 e. The van der Waals surface area contributed by atoms with Crippen molar-refractivity contribution in [3.63, 3.8) is 0 Å². The predicted octanol–water partition coefficient (Wildman–Crippen LogP) is 6.37. The summed E-state index contributed by atoms with van der Waals surface area (Å²) >= 11 is 1.28. The van der Waals surface area contributed by atoms with E-state index in [-0.39, 0.29) is 22.9 Å². The van der Waals surface area contributed by atoms with E-state index in [4.69, 9.17) is 23.9 Å². The van der Waals surface area contributed by atoms with Gasteiger partial charge in [0.05, 0.1) is 28.9 Å². The Balaban J connectivity index is 1.60. The fourth-order valence-corrected chi connectivity index (χ4v) is 5.89. The van der Waals surface area contributed by atoms with Crippen LogP contribution in [0.2, 0.25) is 0 Å². The Bertz CT molecular complexity index is 1640. The van der Waals surface area contributed by atoms with E-state index >= 15 is 0 Å². The monoisotopic (exact) mass is 633 g/mol. The summed E-state index contributed by atoms with van der Waals surface area (Å²) < 4.78 is 22.7. The minimum atomic E-state index is -0.886. The molecule has 45 heavy (non-hydrogen) atoms. The SMILES string of the molecule is COc1ccc(-c2nc(SC)c(C#N)c(-c3ccc(N4CCN(C(=O)OC(C)(C)C)CC4)cc3[N+](=O)[O-])c2C2OC(C)O2)cc1. The number of hydrogen-bond donors (Lipinski definition) is 0. The number of benzene rings is 2. The fourth-order valence-electron chi connectivity index (χ4n) is 5.35. The number of amides is 1. The van der Waals surface area contributed by atoms with Crippen molar-refractivity contribution >= 4 is 29.2 Å². The van der Waals surface area contributed by atoms with E-state index in [0.717, 1.165) is 0 Å².